The van der Waals surface area contributed by atoms with Crippen LogP contribution in [0.4, 0.5) is 5.82 Å². The summed E-state index contributed by atoms with van der Waals surface area (Å²) in [6.45, 7) is 0. The van der Waals surface area contributed by atoms with Crippen LogP contribution in [0.15, 0.2) is 52.5 Å². The Hall–Kier alpha value is -2.77. The Morgan fingerprint density at radius 2 is 1.90 bits per heavy atom. The molecule has 0 radical (unpaired) electrons. The van der Waals surface area contributed by atoms with Gasteiger partial charge in [0.05, 0.1) is 11.6 Å². The molecule has 0 saturated heterocycles. The molecule has 0 aliphatic rings. The van der Waals surface area contributed by atoms with E-state index in [0.29, 0.717) is 4.47 Å². The highest BCUT2D eigenvalue weighted by molar-refractivity contribution is 9.10. The van der Waals surface area contributed by atoms with E-state index in [-0.39, 0.29) is 22.6 Å². The van der Waals surface area contributed by atoms with E-state index in [1.54, 1.807) is 25.6 Å². The molecule has 0 aliphatic carbocycles. The molecule has 0 unspecified atom stereocenters. The summed E-state index contributed by atoms with van der Waals surface area (Å²) in [4.78, 5) is 11.6. The van der Waals surface area contributed by atoms with Crippen molar-refractivity contribution >= 4 is 49.0 Å². The minimum atomic E-state index is -4.05. The number of methoxy groups -OCH3 is 1. The van der Waals surface area contributed by atoms with Gasteiger partial charge in [-0.2, -0.15) is 28.0 Å². The third-order valence-corrected chi connectivity index (χ3v) is 5.14. The van der Waals surface area contributed by atoms with Crippen molar-refractivity contribution in [3.63, 3.8) is 0 Å². The topological polar surface area (TPSA) is 129 Å². The van der Waals surface area contributed by atoms with Crippen LogP contribution in [0.2, 0.25) is 5.15 Å². The third kappa shape index (κ3) is 4.99. The van der Waals surface area contributed by atoms with E-state index in [1.165, 1.54) is 17.9 Å². The van der Waals surface area contributed by atoms with Crippen LogP contribution in [-0.4, -0.2) is 49.9 Å². The molecule has 14 heteroatoms. The number of hydrogen-bond acceptors (Lipinski definition) is 8. The lowest BCUT2D eigenvalue weighted by atomic mass is 10.5. The second-order valence-electron chi connectivity index (χ2n) is 5.36. The van der Waals surface area contributed by atoms with Gasteiger partial charge in [-0.25, -0.2) is 0 Å². The van der Waals surface area contributed by atoms with Gasteiger partial charge in [0, 0.05) is 31.7 Å². The molecule has 4 heterocycles. The molecule has 4 rings (SSSR count). The standard InChI is InChI=1S/C10H9BrClN7O3S.C5H5N/c1-18-4-5(11)8(15-18)17-23(20,21)9-14-7-3-6(12)13-10(22-2)19(7)16-9;1-2-4-6-5-3-1/h3-4H,1-2H3,(H,15,17);1-5H. The predicted octanol–water partition coefficient (Wildman–Crippen LogP) is 2.16. The summed E-state index contributed by atoms with van der Waals surface area (Å²) in [6, 6.07) is 7.10. The summed E-state index contributed by atoms with van der Waals surface area (Å²) in [5.74, 6) is 0.120. The van der Waals surface area contributed by atoms with Crippen LogP contribution < -0.4 is 9.46 Å². The minimum absolute atomic E-state index is 0.0143. The van der Waals surface area contributed by atoms with Crippen LogP contribution in [0, 0.1) is 0 Å². The summed E-state index contributed by atoms with van der Waals surface area (Å²) >= 11 is 9.03. The van der Waals surface area contributed by atoms with E-state index in [4.69, 9.17) is 16.3 Å². The summed E-state index contributed by atoms with van der Waals surface area (Å²) in [7, 11) is -1.03. The fraction of sp³-hybridized carbons (Fsp3) is 0.133. The Labute approximate surface area is 178 Å². The van der Waals surface area contributed by atoms with Crippen molar-refractivity contribution in [2.45, 2.75) is 5.16 Å². The van der Waals surface area contributed by atoms with Gasteiger partial charge >= 0.3 is 16.0 Å². The van der Waals surface area contributed by atoms with Gasteiger partial charge in [-0.3, -0.25) is 14.4 Å². The molecule has 0 spiro atoms. The first-order valence-electron chi connectivity index (χ1n) is 7.84. The third-order valence-electron chi connectivity index (χ3n) is 3.25. The van der Waals surface area contributed by atoms with E-state index in [1.807, 2.05) is 18.2 Å². The van der Waals surface area contributed by atoms with Gasteiger partial charge < -0.3 is 4.74 Å². The number of ether oxygens (including phenoxy) is 1. The second-order valence-corrected chi connectivity index (χ2v) is 8.18. The molecule has 0 fully saturated rings. The van der Waals surface area contributed by atoms with Crippen molar-refractivity contribution in [3.05, 3.63) is 52.5 Å². The molecule has 0 bridgehead atoms. The van der Waals surface area contributed by atoms with Crippen molar-refractivity contribution in [2.75, 3.05) is 11.8 Å². The highest BCUT2D eigenvalue weighted by Gasteiger charge is 2.24. The molecule has 0 saturated carbocycles. The molecule has 4 aromatic rings. The Kier molecular flexibility index (Phi) is 6.30. The van der Waals surface area contributed by atoms with Gasteiger partial charge in [0.2, 0.25) is 0 Å². The number of fused-ring (bicyclic) bond motifs is 1. The van der Waals surface area contributed by atoms with Gasteiger partial charge in [0.15, 0.2) is 11.5 Å². The van der Waals surface area contributed by atoms with E-state index >= 15 is 0 Å². The molecule has 29 heavy (non-hydrogen) atoms. The van der Waals surface area contributed by atoms with E-state index in [9.17, 15) is 8.42 Å². The average molecular weight is 502 g/mol. The van der Waals surface area contributed by atoms with Crippen LogP contribution in [0.25, 0.3) is 5.65 Å². The normalized spacial score (nSPS) is 11.0. The summed E-state index contributed by atoms with van der Waals surface area (Å²) in [5.41, 5.74) is 0.183. The highest BCUT2D eigenvalue weighted by Crippen LogP contribution is 2.23. The largest absolute Gasteiger partial charge is 0.467 e. The lowest BCUT2D eigenvalue weighted by Crippen LogP contribution is -2.15. The summed E-state index contributed by atoms with van der Waals surface area (Å²) in [6.07, 6.45) is 5.10. The van der Waals surface area contributed by atoms with Crippen LogP contribution in [0.5, 0.6) is 6.01 Å². The summed E-state index contributed by atoms with van der Waals surface area (Å²) < 4.78 is 35.2. The van der Waals surface area contributed by atoms with Crippen LogP contribution in [0.1, 0.15) is 0 Å². The lowest BCUT2D eigenvalue weighted by molar-refractivity contribution is 0.366. The molecule has 0 aliphatic heterocycles. The van der Waals surface area contributed by atoms with Crippen LogP contribution in [-0.2, 0) is 17.1 Å². The van der Waals surface area contributed by atoms with Crippen molar-refractivity contribution in [2.24, 2.45) is 7.05 Å². The molecular formula is C15H14BrClN8O3S. The van der Waals surface area contributed by atoms with E-state index in [2.05, 4.69) is 45.8 Å². The molecule has 1 N–H and O–H groups in total. The second kappa shape index (κ2) is 8.71. The first-order valence-corrected chi connectivity index (χ1v) is 10.5. The van der Waals surface area contributed by atoms with Gasteiger partial charge in [-0.05, 0) is 28.1 Å². The molecule has 11 nitrogen and oxygen atoms in total. The maximum atomic E-state index is 12.4. The molecule has 152 valence electrons. The van der Waals surface area contributed by atoms with Crippen LogP contribution in [0.3, 0.4) is 0 Å². The Balaban J connectivity index is 0.000000343. The Morgan fingerprint density at radius 1 is 1.17 bits per heavy atom. The van der Waals surface area contributed by atoms with Crippen molar-refractivity contribution < 1.29 is 13.2 Å². The number of nitrogens with one attached hydrogen (secondary N) is 1. The van der Waals surface area contributed by atoms with Crippen molar-refractivity contribution in [1.29, 1.82) is 0 Å². The van der Waals surface area contributed by atoms with Crippen molar-refractivity contribution in [1.82, 2.24) is 34.3 Å². The van der Waals surface area contributed by atoms with Crippen LogP contribution >= 0.6 is 27.5 Å². The predicted molar refractivity (Wildman–Crippen MR) is 108 cm³/mol. The SMILES string of the molecule is COc1nc(Cl)cc2nc(S(=O)(=O)Nc3nn(C)cc3Br)nn12.c1ccncc1. The number of pyridine rings is 1. The number of halogens is 2. The van der Waals surface area contributed by atoms with Gasteiger partial charge in [0.1, 0.15) is 5.15 Å². The number of sulfonamides is 1. The summed E-state index contributed by atoms with van der Waals surface area (Å²) in [5, 5.41) is 7.51. The number of aryl methyl sites for hydroxylation is 1. The maximum absolute atomic E-state index is 12.4. The first kappa shape index (κ1) is 21.0. The smallest absolute Gasteiger partial charge is 0.320 e. The molecule has 0 atom stereocenters. The van der Waals surface area contributed by atoms with E-state index < -0.39 is 15.2 Å². The first-order chi connectivity index (χ1) is 13.8. The lowest BCUT2D eigenvalue weighted by Gasteiger charge is -2.01. The fourth-order valence-electron chi connectivity index (χ4n) is 2.08. The van der Waals surface area contributed by atoms with E-state index in [0.717, 1.165) is 4.52 Å². The number of rotatable bonds is 4. The monoisotopic (exact) mass is 500 g/mol. The quantitative estimate of drug-likeness (QED) is 0.421. The number of aromatic nitrogens is 7. The van der Waals surface area contributed by atoms with Crippen molar-refractivity contribution in [3.8, 4) is 6.01 Å². The fourth-order valence-corrected chi connectivity index (χ4v) is 3.75. The van der Waals surface area contributed by atoms with Gasteiger partial charge in [0.25, 0.3) is 5.16 Å². The van der Waals surface area contributed by atoms with Gasteiger partial charge in [-0.15, -0.1) is 5.10 Å². The highest BCUT2D eigenvalue weighted by atomic mass is 79.9. The molecular weight excluding hydrogens is 488 g/mol. The maximum Gasteiger partial charge on any atom is 0.320 e. The molecule has 0 amide bonds. The number of nitrogens with zero attached hydrogens (tertiary/aromatic N) is 7. The molecule has 0 aromatic carbocycles. The zero-order valence-electron chi connectivity index (χ0n) is 15.1. The Bertz CT molecular complexity index is 1200. The molecule has 4 aromatic heterocycles. The number of anilines is 1. The minimum Gasteiger partial charge on any atom is -0.467 e. The number of hydrogen-bond donors (Lipinski definition) is 1. The Morgan fingerprint density at radius 3 is 2.41 bits per heavy atom. The average Bonchev–Trinajstić information content (AvgIpc) is 3.26. The zero-order chi connectivity index (χ0) is 21.0. The zero-order valence-corrected chi connectivity index (χ0v) is 18.2. The van der Waals surface area contributed by atoms with Gasteiger partial charge in [-0.1, -0.05) is 17.7 Å².